The molecule has 1 aliphatic rings. The van der Waals surface area contributed by atoms with E-state index in [4.69, 9.17) is 5.10 Å². The van der Waals surface area contributed by atoms with E-state index in [9.17, 15) is 14.0 Å². The molecule has 0 saturated carbocycles. The zero-order valence-corrected chi connectivity index (χ0v) is 23.7. The smallest absolute Gasteiger partial charge is 0.240 e. The van der Waals surface area contributed by atoms with Crippen molar-refractivity contribution in [3.8, 4) is 5.69 Å². The van der Waals surface area contributed by atoms with E-state index in [0.29, 0.717) is 24.6 Å². The molecule has 1 aromatic heterocycles. The number of aryl methyl sites for hydroxylation is 1. The van der Waals surface area contributed by atoms with Crippen molar-refractivity contribution in [1.82, 2.24) is 20.0 Å². The van der Waals surface area contributed by atoms with Crippen LogP contribution >= 0.6 is 11.8 Å². The van der Waals surface area contributed by atoms with Crippen LogP contribution in [0.1, 0.15) is 48.4 Å². The van der Waals surface area contributed by atoms with Gasteiger partial charge >= 0.3 is 0 Å². The van der Waals surface area contributed by atoms with Gasteiger partial charge in [0.2, 0.25) is 11.8 Å². The summed E-state index contributed by atoms with van der Waals surface area (Å²) in [5.41, 5.74) is 4.24. The summed E-state index contributed by atoms with van der Waals surface area (Å²) in [6.07, 6.45) is 0. The van der Waals surface area contributed by atoms with E-state index in [0.717, 1.165) is 22.4 Å². The molecule has 2 aromatic carbocycles. The molecule has 2 amide bonds. The zero-order chi connectivity index (χ0) is 27.6. The molecule has 4 rings (SSSR count). The normalized spacial score (nSPS) is 15.9. The first-order chi connectivity index (χ1) is 18.0. The third-order valence-electron chi connectivity index (χ3n) is 6.52. The van der Waals surface area contributed by atoms with Gasteiger partial charge in [-0.05, 0) is 56.4 Å². The quantitative estimate of drug-likeness (QED) is 0.482. The highest BCUT2D eigenvalue weighted by molar-refractivity contribution is 8.00. The lowest BCUT2D eigenvalue weighted by Gasteiger charge is -2.25. The van der Waals surface area contributed by atoms with E-state index >= 15 is 0 Å². The van der Waals surface area contributed by atoms with Crippen molar-refractivity contribution in [3.05, 3.63) is 76.7 Å². The van der Waals surface area contributed by atoms with E-state index in [1.165, 1.54) is 12.1 Å². The fraction of sp³-hybridized carbons (Fsp3) is 0.414. The Bertz CT molecular complexity index is 1310. The van der Waals surface area contributed by atoms with Crippen LogP contribution in [0.2, 0.25) is 0 Å². The lowest BCUT2D eigenvalue weighted by molar-refractivity contribution is -0.122. The predicted octanol–water partition coefficient (Wildman–Crippen LogP) is 4.46. The number of anilines is 1. The minimum Gasteiger partial charge on any atom is -0.353 e. The summed E-state index contributed by atoms with van der Waals surface area (Å²) < 4.78 is 15.6. The van der Waals surface area contributed by atoms with Crippen LogP contribution in [-0.2, 0) is 15.0 Å². The summed E-state index contributed by atoms with van der Waals surface area (Å²) in [7, 11) is 3.88. The van der Waals surface area contributed by atoms with Gasteiger partial charge in [0.15, 0.2) is 0 Å². The number of benzene rings is 2. The molecule has 9 heteroatoms. The van der Waals surface area contributed by atoms with Crippen molar-refractivity contribution >= 4 is 29.4 Å². The molecule has 1 aliphatic heterocycles. The molecule has 0 spiro atoms. The maximum absolute atomic E-state index is 13.9. The van der Waals surface area contributed by atoms with Crippen molar-refractivity contribution in [3.63, 3.8) is 0 Å². The van der Waals surface area contributed by atoms with Crippen molar-refractivity contribution in [1.29, 1.82) is 0 Å². The first-order valence-electron chi connectivity index (χ1n) is 12.8. The summed E-state index contributed by atoms with van der Waals surface area (Å²) >= 11 is 1.55. The van der Waals surface area contributed by atoms with Crippen molar-refractivity contribution in [2.75, 3.05) is 44.4 Å². The third kappa shape index (κ3) is 5.94. The zero-order valence-electron chi connectivity index (χ0n) is 22.9. The van der Waals surface area contributed by atoms with Crippen LogP contribution in [0, 0.1) is 12.7 Å². The highest BCUT2D eigenvalue weighted by atomic mass is 32.2. The summed E-state index contributed by atoms with van der Waals surface area (Å²) in [4.78, 5) is 30.3. The number of nitrogens with one attached hydrogen (secondary N) is 1. The van der Waals surface area contributed by atoms with E-state index in [1.54, 1.807) is 33.5 Å². The van der Waals surface area contributed by atoms with Gasteiger partial charge in [0.1, 0.15) is 18.2 Å². The molecule has 0 unspecified atom stereocenters. The van der Waals surface area contributed by atoms with E-state index < -0.39 is 0 Å². The van der Waals surface area contributed by atoms with Crippen molar-refractivity contribution < 1.29 is 14.0 Å². The third-order valence-corrected chi connectivity index (χ3v) is 7.76. The maximum Gasteiger partial charge on any atom is 0.240 e. The number of rotatable bonds is 7. The molecule has 0 bridgehead atoms. The van der Waals surface area contributed by atoms with Crippen LogP contribution in [0.25, 0.3) is 5.69 Å². The van der Waals surface area contributed by atoms with E-state index in [1.807, 2.05) is 31.1 Å². The second-order valence-corrected chi connectivity index (χ2v) is 12.0. The Balaban J connectivity index is 1.93. The molecule has 38 heavy (non-hydrogen) atoms. The monoisotopic (exact) mass is 537 g/mol. The molecule has 2 heterocycles. The van der Waals surface area contributed by atoms with Crippen LogP contribution < -0.4 is 10.2 Å². The second-order valence-electron chi connectivity index (χ2n) is 10.9. The van der Waals surface area contributed by atoms with Crippen LogP contribution in [0.15, 0.2) is 48.5 Å². The Labute approximate surface area is 228 Å². The van der Waals surface area contributed by atoms with Gasteiger partial charge in [-0.1, -0.05) is 45.0 Å². The number of nitrogens with zero attached hydrogens (tertiary/aromatic N) is 4. The fourth-order valence-corrected chi connectivity index (χ4v) is 5.87. The molecular weight excluding hydrogens is 501 g/mol. The maximum atomic E-state index is 13.9. The molecule has 1 atom stereocenters. The van der Waals surface area contributed by atoms with Gasteiger partial charge in [0.25, 0.3) is 0 Å². The average molecular weight is 538 g/mol. The highest BCUT2D eigenvalue weighted by Crippen LogP contribution is 2.49. The molecule has 0 aliphatic carbocycles. The summed E-state index contributed by atoms with van der Waals surface area (Å²) in [6.45, 7) is 9.39. The van der Waals surface area contributed by atoms with Gasteiger partial charge in [-0.3, -0.25) is 14.5 Å². The first kappa shape index (κ1) is 27.9. The van der Waals surface area contributed by atoms with Gasteiger partial charge < -0.3 is 10.2 Å². The van der Waals surface area contributed by atoms with Crippen LogP contribution in [0.3, 0.4) is 0 Å². The number of aromatic nitrogens is 2. The lowest BCUT2D eigenvalue weighted by Crippen LogP contribution is -2.43. The number of carbonyl (C=O) groups excluding carboxylic acids is 2. The molecule has 7 nitrogen and oxygen atoms in total. The Hall–Kier alpha value is -3.17. The lowest BCUT2D eigenvalue weighted by atomic mass is 9.86. The van der Waals surface area contributed by atoms with Crippen LogP contribution in [-0.4, -0.2) is 66.0 Å². The summed E-state index contributed by atoms with van der Waals surface area (Å²) in [5.74, 6) is 0.0108. The van der Waals surface area contributed by atoms with E-state index in [-0.39, 0.29) is 40.6 Å². The molecular formula is C29H36FN5O2S. The largest absolute Gasteiger partial charge is 0.353 e. The number of halogens is 1. The van der Waals surface area contributed by atoms with Gasteiger partial charge in [-0.15, -0.1) is 11.8 Å². The molecule has 1 N–H and O–H groups in total. The number of hydrogen-bond acceptors (Lipinski definition) is 5. The minimum absolute atomic E-state index is 0.128. The summed E-state index contributed by atoms with van der Waals surface area (Å²) in [5, 5.41) is 7.80. The Morgan fingerprint density at radius 2 is 1.84 bits per heavy atom. The SMILES string of the molecule is Cc1ccccc1[C@@H]1SCC(=O)N(CC(=O)NCCN(C)C)c2c1c(C(C)(C)C)nn2-c1ccc(F)cc1. The molecule has 3 aromatic rings. The van der Waals surface area contributed by atoms with Crippen LogP contribution in [0.4, 0.5) is 10.2 Å². The van der Waals surface area contributed by atoms with Crippen molar-refractivity contribution in [2.24, 2.45) is 0 Å². The topological polar surface area (TPSA) is 70.5 Å². The number of thioether (sulfide) groups is 1. The average Bonchev–Trinajstić information content (AvgIpc) is 3.18. The number of amides is 2. The number of fused-ring (bicyclic) bond motifs is 1. The Morgan fingerprint density at radius 3 is 2.47 bits per heavy atom. The Kier molecular flexibility index (Phi) is 8.28. The summed E-state index contributed by atoms with van der Waals surface area (Å²) in [6, 6.07) is 14.2. The number of hydrogen-bond donors (Lipinski definition) is 1. The first-order valence-corrected chi connectivity index (χ1v) is 13.8. The van der Waals surface area contributed by atoms with Gasteiger partial charge in [-0.2, -0.15) is 5.10 Å². The van der Waals surface area contributed by atoms with Gasteiger partial charge in [-0.25, -0.2) is 9.07 Å². The standard InChI is InChI=1S/C29H36FN5O2S/c1-19-9-7-8-10-22(19)26-25-27(29(2,3)4)32-35(21-13-11-20(30)12-14-21)28(25)34(24(37)18-38-26)17-23(36)31-15-16-33(5)6/h7-14,26H,15-18H2,1-6H3,(H,31,36)/t26-/m0/s1. The molecule has 0 radical (unpaired) electrons. The molecule has 0 saturated heterocycles. The highest BCUT2D eigenvalue weighted by Gasteiger charge is 2.40. The predicted molar refractivity (Wildman–Crippen MR) is 152 cm³/mol. The molecule has 202 valence electrons. The second kappa shape index (κ2) is 11.3. The Morgan fingerprint density at radius 1 is 1.16 bits per heavy atom. The fourth-order valence-electron chi connectivity index (χ4n) is 4.58. The van der Waals surface area contributed by atoms with Gasteiger partial charge in [0, 0.05) is 24.1 Å². The van der Waals surface area contributed by atoms with Gasteiger partial charge in [0.05, 0.1) is 22.4 Å². The minimum atomic E-state index is -0.357. The number of carbonyl (C=O) groups is 2. The van der Waals surface area contributed by atoms with E-state index in [2.05, 4.69) is 45.1 Å². The number of likely N-dealkylation sites (N-methyl/N-ethyl adjacent to an activating group) is 1. The van der Waals surface area contributed by atoms with Crippen LogP contribution in [0.5, 0.6) is 0 Å². The molecule has 0 fully saturated rings. The van der Waals surface area contributed by atoms with Crippen molar-refractivity contribution in [2.45, 2.75) is 38.4 Å².